The number of nitrogens with one attached hydrogen (secondary N) is 1. The highest BCUT2D eigenvalue weighted by molar-refractivity contribution is 6.32. The minimum atomic E-state index is -0.921. The van der Waals surface area contributed by atoms with Crippen molar-refractivity contribution in [2.75, 3.05) is 13.2 Å². The molecule has 3 N–H and O–H groups in total. The number of nitrogens with two attached hydrogens (primary N) is 1. The van der Waals surface area contributed by atoms with Gasteiger partial charge in [0, 0.05) is 18.4 Å². The quantitative estimate of drug-likeness (QED) is 0.739. The normalized spacial score (nSPS) is 25.8. The van der Waals surface area contributed by atoms with Crippen LogP contribution in [0.15, 0.2) is 24.3 Å². The van der Waals surface area contributed by atoms with E-state index in [0.29, 0.717) is 30.3 Å². The van der Waals surface area contributed by atoms with E-state index in [1.165, 1.54) is 0 Å². The Morgan fingerprint density at radius 2 is 2.08 bits per heavy atom. The summed E-state index contributed by atoms with van der Waals surface area (Å²) in [5.74, 6) is 0.461. The summed E-state index contributed by atoms with van der Waals surface area (Å²) in [5, 5.41) is 3.50. The summed E-state index contributed by atoms with van der Waals surface area (Å²) in [7, 11) is 0. The molecule has 2 rings (SSSR count). The van der Waals surface area contributed by atoms with Gasteiger partial charge in [0.15, 0.2) is 0 Å². The molecule has 1 saturated carbocycles. The molecule has 0 saturated heterocycles. The highest BCUT2D eigenvalue weighted by Crippen LogP contribution is 2.49. The number of carbonyl (C=O) groups is 1. The fourth-order valence-electron chi connectivity index (χ4n) is 3.17. The number of rotatable bonds is 8. The largest absolute Gasteiger partial charge is 0.487 e. The van der Waals surface area contributed by atoms with E-state index in [9.17, 15) is 4.79 Å². The molecular formula is C19H29ClN2O3. The monoisotopic (exact) mass is 368 g/mol. The predicted octanol–water partition coefficient (Wildman–Crippen LogP) is 3.15. The zero-order chi connectivity index (χ0) is 18.7. The van der Waals surface area contributed by atoms with Crippen molar-refractivity contribution in [3.63, 3.8) is 0 Å². The fourth-order valence-corrected chi connectivity index (χ4v) is 3.35. The van der Waals surface area contributed by atoms with Crippen LogP contribution in [-0.4, -0.2) is 36.8 Å². The summed E-state index contributed by atoms with van der Waals surface area (Å²) in [5.41, 5.74) is 5.07. The van der Waals surface area contributed by atoms with Gasteiger partial charge in [-0.15, -0.1) is 0 Å². The van der Waals surface area contributed by atoms with Gasteiger partial charge in [-0.25, -0.2) is 0 Å². The first-order valence-corrected chi connectivity index (χ1v) is 9.24. The van der Waals surface area contributed by atoms with E-state index < -0.39 is 11.0 Å². The van der Waals surface area contributed by atoms with Crippen LogP contribution in [0.4, 0.5) is 0 Å². The molecule has 1 fully saturated rings. The lowest BCUT2D eigenvalue weighted by Gasteiger charge is -2.57. The lowest BCUT2D eigenvalue weighted by molar-refractivity contribution is -0.170. The Morgan fingerprint density at radius 3 is 2.64 bits per heavy atom. The molecule has 0 heterocycles. The molecule has 0 aliphatic heterocycles. The smallest absolute Gasteiger partial charge is 0.240 e. The Bertz CT molecular complexity index is 608. The van der Waals surface area contributed by atoms with E-state index in [-0.39, 0.29) is 18.1 Å². The Labute approximate surface area is 155 Å². The molecule has 1 aliphatic rings. The van der Waals surface area contributed by atoms with Crippen LogP contribution in [-0.2, 0) is 9.53 Å². The first kappa shape index (κ1) is 20.0. The lowest BCUT2D eigenvalue weighted by Crippen LogP contribution is -2.76. The van der Waals surface area contributed by atoms with E-state index in [0.717, 1.165) is 6.42 Å². The van der Waals surface area contributed by atoms with Crippen molar-refractivity contribution in [3.8, 4) is 5.75 Å². The number of halogens is 1. The van der Waals surface area contributed by atoms with Crippen LogP contribution in [0.3, 0.4) is 0 Å². The molecule has 5 nitrogen and oxygen atoms in total. The van der Waals surface area contributed by atoms with Crippen molar-refractivity contribution in [2.24, 2.45) is 11.1 Å². The molecule has 0 bridgehead atoms. The maximum absolute atomic E-state index is 12.7. The Hall–Kier alpha value is -1.30. The summed E-state index contributed by atoms with van der Waals surface area (Å²) in [4.78, 5) is 12.7. The van der Waals surface area contributed by atoms with Crippen LogP contribution in [0.5, 0.6) is 5.75 Å². The average Bonchev–Trinajstić information content (AvgIpc) is 2.59. The Kier molecular flexibility index (Phi) is 6.35. The molecular weight excluding hydrogens is 340 g/mol. The number of amides is 1. The van der Waals surface area contributed by atoms with Crippen LogP contribution in [0.1, 0.15) is 40.5 Å². The van der Waals surface area contributed by atoms with Crippen molar-refractivity contribution in [2.45, 2.75) is 58.3 Å². The van der Waals surface area contributed by atoms with Gasteiger partial charge < -0.3 is 20.5 Å². The number of benzene rings is 1. The zero-order valence-corrected chi connectivity index (χ0v) is 16.2. The van der Waals surface area contributed by atoms with Crippen molar-refractivity contribution in [1.82, 2.24) is 5.32 Å². The van der Waals surface area contributed by atoms with Crippen molar-refractivity contribution in [1.29, 1.82) is 0 Å². The number of hydrogen-bond donors (Lipinski definition) is 2. The van der Waals surface area contributed by atoms with Crippen LogP contribution < -0.4 is 15.8 Å². The van der Waals surface area contributed by atoms with Gasteiger partial charge in [-0.1, -0.05) is 44.5 Å². The SMILES string of the molecule is CCOC1CC(N)(C(=O)NCC(CC)Oc2ccccc2Cl)C1(C)C. The topological polar surface area (TPSA) is 73.6 Å². The molecule has 3 unspecified atom stereocenters. The summed E-state index contributed by atoms with van der Waals surface area (Å²) in [6.07, 6.45) is 1.11. The predicted molar refractivity (Wildman–Crippen MR) is 99.9 cm³/mol. The third-order valence-electron chi connectivity index (χ3n) is 5.31. The van der Waals surface area contributed by atoms with Crippen molar-refractivity contribution < 1.29 is 14.3 Å². The van der Waals surface area contributed by atoms with Gasteiger partial charge in [-0.05, 0) is 25.5 Å². The molecule has 140 valence electrons. The fraction of sp³-hybridized carbons (Fsp3) is 0.632. The van der Waals surface area contributed by atoms with Crippen LogP contribution in [0, 0.1) is 5.41 Å². The Morgan fingerprint density at radius 1 is 1.40 bits per heavy atom. The number of hydrogen-bond acceptors (Lipinski definition) is 4. The van der Waals surface area contributed by atoms with Crippen LogP contribution >= 0.6 is 11.6 Å². The lowest BCUT2D eigenvalue weighted by atomic mass is 9.54. The second kappa shape index (κ2) is 7.94. The van der Waals surface area contributed by atoms with E-state index in [1.807, 2.05) is 45.9 Å². The van der Waals surface area contributed by atoms with E-state index in [4.69, 9.17) is 26.8 Å². The van der Waals surface area contributed by atoms with Crippen LogP contribution in [0.2, 0.25) is 5.02 Å². The Balaban J connectivity index is 1.93. The molecule has 0 aromatic heterocycles. The van der Waals surface area contributed by atoms with Gasteiger partial charge in [0.25, 0.3) is 0 Å². The minimum Gasteiger partial charge on any atom is -0.487 e. The van der Waals surface area contributed by atoms with Crippen molar-refractivity contribution in [3.05, 3.63) is 29.3 Å². The van der Waals surface area contributed by atoms with E-state index in [1.54, 1.807) is 6.07 Å². The number of carbonyl (C=O) groups excluding carboxylic acids is 1. The third kappa shape index (κ3) is 3.94. The van der Waals surface area contributed by atoms with E-state index in [2.05, 4.69) is 5.32 Å². The van der Waals surface area contributed by atoms with Gasteiger partial charge in [0.2, 0.25) is 5.91 Å². The molecule has 1 aromatic rings. The first-order valence-electron chi connectivity index (χ1n) is 8.86. The molecule has 25 heavy (non-hydrogen) atoms. The second-order valence-electron chi connectivity index (χ2n) is 7.13. The van der Waals surface area contributed by atoms with Crippen molar-refractivity contribution >= 4 is 17.5 Å². The highest BCUT2D eigenvalue weighted by Gasteiger charge is 2.62. The first-order chi connectivity index (χ1) is 11.8. The maximum Gasteiger partial charge on any atom is 0.240 e. The van der Waals surface area contributed by atoms with Gasteiger partial charge >= 0.3 is 0 Å². The van der Waals surface area contributed by atoms with E-state index >= 15 is 0 Å². The standard InChI is InChI=1S/C19H29ClN2O3/c1-5-13(25-15-10-8-7-9-14(15)20)12-22-17(23)19(21)11-16(24-6-2)18(19,3)4/h7-10,13,16H,5-6,11-12,21H2,1-4H3,(H,22,23). The van der Waals surface area contributed by atoms with Crippen LogP contribution in [0.25, 0.3) is 0 Å². The second-order valence-corrected chi connectivity index (χ2v) is 7.54. The molecule has 1 aliphatic carbocycles. The summed E-state index contributed by atoms with van der Waals surface area (Å²) < 4.78 is 11.6. The third-order valence-corrected chi connectivity index (χ3v) is 5.62. The van der Waals surface area contributed by atoms with Gasteiger partial charge in [0.1, 0.15) is 17.4 Å². The molecule has 6 heteroatoms. The molecule has 0 radical (unpaired) electrons. The molecule has 3 atom stereocenters. The maximum atomic E-state index is 12.7. The molecule has 1 amide bonds. The molecule has 0 spiro atoms. The summed E-state index contributed by atoms with van der Waals surface area (Å²) in [6.45, 7) is 8.92. The summed E-state index contributed by atoms with van der Waals surface area (Å²) in [6, 6.07) is 7.32. The number of ether oxygens (including phenoxy) is 2. The molecule has 1 aromatic carbocycles. The zero-order valence-electron chi connectivity index (χ0n) is 15.5. The van der Waals surface area contributed by atoms with Gasteiger partial charge in [-0.3, -0.25) is 4.79 Å². The average molecular weight is 369 g/mol. The minimum absolute atomic E-state index is 0.00889. The number of para-hydroxylation sites is 1. The highest BCUT2D eigenvalue weighted by atomic mass is 35.5. The van der Waals surface area contributed by atoms with Gasteiger partial charge in [-0.2, -0.15) is 0 Å². The summed E-state index contributed by atoms with van der Waals surface area (Å²) >= 11 is 6.13. The van der Waals surface area contributed by atoms with Gasteiger partial charge in [0.05, 0.1) is 17.7 Å².